The second kappa shape index (κ2) is 8.37. The maximum absolute atomic E-state index is 12.8. The van der Waals surface area contributed by atoms with Crippen molar-refractivity contribution < 1.29 is 9.59 Å². The second-order valence-electron chi connectivity index (χ2n) is 5.48. The number of amides is 1. The molecule has 5 heteroatoms. The Balaban J connectivity index is 1.75. The fourth-order valence-corrected chi connectivity index (χ4v) is 3.03. The lowest BCUT2D eigenvalue weighted by Crippen LogP contribution is -2.50. The highest BCUT2D eigenvalue weighted by Gasteiger charge is 2.22. The summed E-state index contributed by atoms with van der Waals surface area (Å²) in [5.41, 5.74) is 1.60. The van der Waals surface area contributed by atoms with Gasteiger partial charge in [0.05, 0.1) is 4.88 Å². The second-order valence-corrected chi connectivity index (χ2v) is 6.43. The summed E-state index contributed by atoms with van der Waals surface area (Å²) in [6, 6.07) is 22.3. The van der Waals surface area contributed by atoms with Crippen LogP contribution in [0.25, 0.3) is 0 Å². The van der Waals surface area contributed by atoms with Crippen molar-refractivity contribution in [3.63, 3.8) is 0 Å². The van der Waals surface area contributed by atoms with Gasteiger partial charge in [-0.05, 0) is 17.0 Å². The van der Waals surface area contributed by atoms with E-state index < -0.39 is 6.17 Å². The summed E-state index contributed by atoms with van der Waals surface area (Å²) in [5.74, 6) is -0.425. The molecule has 0 unspecified atom stereocenters. The summed E-state index contributed by atoms with van der Waals surface area (Å²) < 4.78 is 0. The van der Waals surface area contributed by atoms with Gasteiger partial charge in [-0.2, -0.15) is 0 Å². The first-order valence-electron chi connectivity index (χ1n) is 7.95. The molecule has 25 heavy (non-hydrogen) atoms. The molecule has 4 nitrogen and oxygen atoms in total. The monoisotopic (exact) mass is 350 g/mol. The van der Waals surface area contributed by atoms with E-state index >= 15 is 0 Å². The van der Waals surface area contributed by atoms with Gasteiger partial charge in [0.1, 0.15) is 6.17 Å². The minimum Gasteiger partial charge on any atom is -0.329 e. The van der Waals surface area contributed by atoms with Crippen molar-refractivity contribution in [3.8, 4) is 0 Å². The van der Waals surface area contributed by atoms with Crippen LogP contribution in [0.5, 0.6) is 0 Å². The quantitative estimate of drug-likeness (QED) is 0.507. The van der Waals surface area contributed by atoms with E-state index in [9.17, 15) is 9.59 Å². The van der Waals surface area contributed by atoms with Crippen molar-refractivity contribution in [2.75, 3.05) is 0 Å². The van der Waals surface area contributed by atoms with Gasteiger partial charge in [-0.25, -0.2) is 0 Å². The van der Waals surface area contributed by atoms with Crippen molar-refractivity contribution in [2.45, 2.75) is 12.7 Å². The Labute approximate surface area is 150 Å². The highest BCUT2D eigenvalue weighted by Crippen LogP contribution is 2.10. The van der Waals surface area contributed by atoms with Crippen LogP contribution in [0, 0.1) is 0 Å². The number of hydrogen-bond acceptors (Lipinski definition) is 4. The molecular weight excluding hydrogens is 332 g/mol. The molecule has 0 bridgehead atoms. The molecule has 3 aromatic rings. The Morgan fingerprint density at radius 2 is 1.56 bits per heavy atom. The molecule has 2 aromatic carbocycles. The third kappa shape index (κ3) is 4.62. The first-order chi connectivity index (χ1) is 12.2. The average Bonchev–Trinajstić information content (AvgIpc) is 3.21. The van der Waals surface area contributed by atoms with Crippen LogP contribution >= 0.6 is 11.3 Å². The predicted molar refractivity (Wildman–Crippen MR) is 99.6 cm³/mol. The summed E-state index contributed by atoms with van der Waals surface area (Å²) in [6.07, 6.45) is -0.794. The van der Waals surface area contributed by atoms with Gasteiger partial charge in [-0.1, -0.05) is 66.7 Å². The number of thiophene rings is 1. The van der Waals surface area contributed by atoms with E-state index in [0.29, 0.717) is 17.0 Å². The van der Waals surface area contributed by atoms with Crippen molar-refractivity contribution in [1.29, 1.82) is 0 Å². The minimum absolute atomic E-state index is 0.165. The summed E-state index contributed by atoms with van der Waals surface area (Å²) >= 11 is 1.34. The lowest BCUT2D eigenvalue weighted by atomic mass is 10.1. The molecule has 1 heterocycles. The number of Topliss-reactive ketones (excluding diaryl/α,β-unsaturated/α-hetero) is 1. The molecule has 1 amide bonds. The van der Waals surface area contributed by atoms with Gasteiger partial charge in [0, 0.05) is 12.1 Å². The summed E-state index contributed by atoms with van der Waals surface area (Å²) in [4.78, 5) is 25.7. The van der Waals surface area contributed by atoms with Crippen LogP contribution in [0.3, 0.4) is 0 Å². The molecule has 1 atom stereocenters. The molecule has 0 aliphatic heterocycles. The van der Waals surface area contributed by atoms with Gasteiger partial charge < -0.3 is 5.32 Å². The van der Waals surface area contributed by atoms with Crippen LogP contribution in [-0.2, 0) is 6.54 Å². The molecule has 0 spiro atoms. The van der Waals surface area contributed by atoms with Gasteiger partial charge in [0.2, 0.25) is 0 Å². The smallest absolute Gasteiger partial charge is 0.262 e. The molecule has 0 aliphatic carbocycles. The minimum atomic E-state index is -0.794. The SMILES string of the molecule is O=C(N[C@H](NCc1ccccc1)C(=O)c1ccccc1)c1cccs1. The number of hydrogen-bond donors (Lipinski definition) is 2. The maximum Gasteiger partial charge on any atom is 0.262 e. The van der Waals surface area contributed by atoms with E-state index in [0.717, 1.165) is 5.56 Å². The highest BCUT2D eigenvalue weighted by atomic mass is 32.1. The zero-order valence-corrected chi connectivity index (χ0v) is 14.3. The van der Waals surface area contributed by atoms with Crippen LogP contribution < -0.4 is 10.6 Å². The van der Waals surface area contributed by atoms with E-state index in [1.54, 1.807) is 18.2 Å². The fraction of sp³-hybridized carbons (Fsp3) is 0.100. The summed E-state index contributed by atoms with van der Waals surface area (Å²) in [5, 5.41) is 7.78. The van der Waals surface area contributed by atoms with Gasteiger partial charge in [-0.3, -0.25) is 14.9 Å². The van der Waals surface area contributed by atoms with Gasteiger partial charge >= 0.3 is 0 Å². The van der Waals surface area contributed by atoms with Gasteiger partial charge in [0.25, 0.3) is 5.91 Å². The Morgan fingerprint density at radius 3 is 2.20 bits per heavy atom. The predicted octanol–water partition coefficient (Wildman–Crippen LogP) is 3.48. The molecule has 1 aromatic heterocycles. The van der Waals surface area contributed by atoms with Crippen molar-refractivity contribution >= 4 is 23.0 Å². The Morgan fingerprint density at radius 1 is 0.880 bits per heavy atom. The molecule has 0 saturated carbocycles. The number of rotatable bonds is 7. The van der Waals surface area contributed by atoms with Crippen LogP contribution in [0.1, 0.15) is 25.6 Å². The molecular formula is C20H18N2O2S. The molecule has 0 aliphatic rings. The Kier molecular flexibility index (Phi) is 5.72. The third-order valence-electron chi connectivity index (χ3n) is 3.69. The largest absolute Gasteiger partial charge is 0.329 e. The normalized spacial score (nSPS) is 11.7. The van der Waals surface area contributed by atoms with Crippen LogP contribution in [0.15, 0.2) is 78.2 Å². The van der Waals surface area contributed by atoms with Crippen molar-refractivity contribution in [3.05, 3.63) is 94.2 Å². The zero-order chi connectivity index (χ0) is 17.5. The van der Waals surface area contributed by atoms with E-state index in [4.69, 9.17) is 0 Å². The first kappa shape index (κ1) is 17.1. The number of ketones is 1. The van der Waals surface area contributed by atoms with Gasteiger partial charge in [0.15, 0.2) is 5.78 Å². The lowest BCUT2D eigenvalue weighted by Gasteiger charge is -2.19. The molecule has 2 N–H and O–H groups in total. The standard InChI is InChI=1S/C20H18N2O2S/c23-18(16-10-5-2-6-11-16)19(21-14-15-8-3-1-4-9-15)22-20(24)17-12-7-13-25-17/h1-13,19,21H,14H2,(H,22,24)/t19-/m0/s1. The number of nitrogens with one attached hydrogen (secondary N) is 2. The summed E-state index contributed by atoms with van der Waals surface area (Å²) in [6.45, 7) is 0.481. The third-order valence-corrected chi connectivity index (χ3v) is 4.56. The van der Waals surface area contributed by atoms with Crippen LogP contribution in [0.2, 0.25) is 0 Å². The molecule has 0 fully saturated rings. The van der Waals surface area contributed by atoms with E-state index in [1.165, 1.54) is 11.3 Å². The molecule has 0 saturated heterocycles. The Hall–Kier alpha value is -2.76. The number of carbonyl (C=O) groups is 2. The Bertz CT molecular complexity index is 817. The van der Waals surface area contributed by atoms with E-state index in [2.05, 4.69) is 10.6 Å². The average molecular weight is 350 g/mol. The van der Waals surface area contributed by atoms with Crippen LogP contribution in [0.4, 0.5) is 0 Å². The number of benzene rings is 2. The van der Waals surface area contributed by atoms with Crippen molar-refractivity contribution in [1.82, 2.24) is 10.6 Å². The first-order valence-corrected chi connectivity index (χ1v) is 8.83. The van der Waals surface area contributed by atoms with Crippen molar-refractivity contribution in [2.24, 2.45) is 0 Å². The van der Waals surface area contributed by atoms with Crippen LogP contribution in [-0.4, -0.2) is 17.9 Å². The molecule has 0 radical (unpaired) electrons. The number of carbonyl (C=O) groups excluding carboxylic acids is 2. The van der Waals surface area contributed by atoms with Gasteiger partial charge in [-0.15, -0.1) is 11.3 Å². The van der Waals surface area contributed by atoms with E-state index in [-0.39, 0.29) is 11.7 Å². The molecule has 126 valence electrons. The topological polar surface area (TPSA) is 58.2 Å². The fourth-order valence-electron chi connectivity index (χ4n) is 2.40. The zero-order valence-electron chi connectivity index (χ0n) is 13.5. The highest BCUT2D eigenvalue weighted by molar-refractivity contribution is 7.12. The lowest BCUT2D eigenvalue weighted by molar-refractivity contribution is 0.0839. The molecule has 3 rings (SSSR count). The summed E-state index contributed by atoms with van der Waals surface area (Å²) in [7, 11) is 0. The van der Waals surface area contributed by atoms with E-state index in [1.807, 2.05) is 60.0 Å². The maximum atomic E-state index is 12.8.